The van der Waals surface area contributed by atoms with Gasteiger partial charge in [-0.1, -0.05) is 6.07 Å². The van der Waals surface area contributed by atoms with Crippen LogP contribution in [0.15, 0.2) is 24.3 Å². The van der Waals surface area contributed by atoms with Gasteiger partial charge in [0.05, 0.1) is 6.61 Å². The molecule has 0 aromatic heterocycles. The molecule has 2 aliphatic rings. The van der Waals surface area contributed by atoms with Gasteiger partial charge in [-0.2, -0.15) is 0 Å². The minimum atomic E-state index is -0.405. The highest BCUT2D eigenvalue weighted by Crippen LogP contribution is 2.58. The molecule has 1 heterocycles. The van der Waals surface area contributed by atoms with Crippen LogP contribution in [0.5, 0.6) is 5.75 Å². The van der Waals surface area contributed by atoms with Crippen LogP contribution in [0.4, 0.5) is 5.69 Å². The van der Waals surface area contributed by atoms with Crippen molar-refractivity contribution in [1.82, 2.24) is 5.32 Å². The summed E-state index contributed by atoms with van der Waals surface area (Å²) in [6.07, 6.45) is 3.14. The van der Waals surface area contributed by atoms with Gasteiger partial charge in [0.15, 0.2) is 6.61 Å². The van der Waals surface area contributed by atoms with Crippen LogP contribution in [-0.4, -0.2) is 38.2 Å². The van der Waals surface area contributed by atoms with Gasteiger partial charge in [-0.25, -0.2) is 4.79 Å². The Morgan fingerprint density at radius 2 is 2.08 bits per heavy atom. The number of halogens is 1. The zero-order chi connectivity index (χ0) is 17.0. The number of hydrogen-bond acceptors (Lipinski definition) is 5. The molecule has 138 valence electrons. The molecule has 1 atom stereocenters. The van der Waals surface area contributed by atoms with Gasteiger partial charge in [0.1, 0.15) is 5.75 Å². The summed E-state index contributed by atoms with van der Waals surface area (Å²) in [5.41, 5.74) is 0.908. The summed E-state index contributed by atoms with van der Waals surface area (Å²) in [5.74, 6) is 0.328. The van der Waals surface area contributed by atoms with Crippen LogP contribution in [0, 0.1) is 11.3 Å². The van der Waals surface area contributed by atoms with Crippen molar-refractivity contribution in [3.8, 4) is 5.75 Å². The summed E-state index contributed by atoms with van der Waals surface area (Å²) in [6.45, 7) is 3.95. The predicted molar refractivity (Wildman–Crippen MR) is 97.1 cm³/mol. The van der Waals surface area contributed by atoms with E-state index in [0.717, 1.165) is 32.4 Å². The monoisotopic (exact) mass is 368 g/mol. The normalized spacial score (nSPS) is 20.3. The van der Waals surface area contributed by atoms with Gasteiger partial charge < -0.3 is 20.1 Å². The van der Waals surface area contributed by atoms with Crippen LogP contribution in [0.1, 0.15) is 26.2 Å². The number of hydrogen-bond donors (Lipinski definition) is 2. The first-order valence-corrected chi connectivity index (χ1v) is 8.53. The maximum Gasteiger partial charge on any atom is 0.344 e. The second-order valence-corrected chi connectivity index (χ2v) is 6.48. The fourth-order valence-electron chi connectivity index (χ4n) is 3.43. The highest BCUT2D eigenvalue weighted by Gasteiger charge is 2.57. The van der Waals surface area contributed by atoms with E-state index in [-0.39, 0.29) is 36.3 Å². The molecule has 1 unspecified atom stereocenters. The second kappa shape index (κ2) is 8.54. The molecule has 0 bridgehead atoms. The predicted octanol–water partition coefficient (Wildman–Crippen LogP) is 2.38. The van der Waals surface area contributed by atoms with E-state index in [4.69, 9.17) is 9.47 Å². The number of piperidine rings is 1. The number of esters is 1. The summed E-state index contributed by atoms with van der Waals surface area (Å²) >= 11 is 0. The molecule has 1 aliphatic heterocycles. The fraction of sp³-hybridized carbons (Fsp3) is 0.556. The van der Waals surface area contributed by atoms with Crippen LogP contribution >= 0.6 is 12.4 Å². The number of ether oxygens (including phenoxy) is 2. The van der Waals surface area contributed by atoms with E-state index in [0.29, 0.717) is 18.0 Å². The number of amides is 1. The van der Waals surface area contributed by atoms with Crippen molar-refractivity contribution in [2.24, 2.45) is 11.3 Å². The molecule has 1 aromatic rings. The Morgan fingerprint density at radius 3 is 2.80 bits per heavy atom. The summed E-state index contributed by atoms with van der Waals surface area (Å²) < 4.78 is 10.2. The third kappa shape index (κ3) is 4.86. The first-order chi connectivity index (χ1) is 11.6. The summed E-state index contributed by atoms with van der Waals surface area (Å²) in [7, 11) is 0. The summed E-state index contributed by atoms with van der Waals surface area (Å²) in [4.78, 5) is 23.8. The Morgan fingerprint density at radius 1 is 1.32 bits per heavy atom. The Labute approximate surface area is 154 Å². The molecule has 2 fully saturated rings. The second-order valence-electron chi connectivity index (χ2n) is 6.48. The number of carbonyl (C=O) groups excluding carboxylic acids is 2. The van der Waals surface area contributed by atoms with E-state index in [9.17, 15) is 9.59 Å². The maximum atomic E-state index is 12.5. The van der Waals surface area contributed by atoms with E-state index in [1.807, 2.05) is 6.07 Å². The zero-order valence-corrected chi connectivity index (χ0v) is 15.2. The van der Waals surface area contributed by atoms with E-state index in [1.54, 1.807) is 25.1 Å². The molecular weight excluding hydrogens is 344 g/mol. The molecule has 1 saturated carbocycles. The molecule has 1 amide bonds. The molecule has 1 aliphatic carbocycles. The maximum absolute atomic E-state index is 12.5. The standard InChI is InChI=1S/C18H24N2O4.ClH/c1-2-23-16(21)12-24-14-5-3-4-13(10-14)20-17(22)15-11-18(15)6-8-19-9-7-18;/h3-5,10,15,19H,2,6-9,11-12H2,1H3,(H,20,22);1H. The molecule has 1 spiro atoms. The molecule has 7 heteroatoms. The van der Waals surface area contributed by atoms with E-state index >= 15 is 0 Å². The quantitative estimate of drug-likeness (QED) is 0.754. The van der Waals surface area contributed by atoms with Crippen LogP contribution in [0.3, 0.4) is 0 Å². The Kier molecular flexibility index (Phi) is 6.67. The van der Waals surface area contributed by atoms with E-state index in [2.05, 4.69) is 10.6 Å². The van der Waals surface area contributed by atoms with Crippen LogP contribution in [0.2, 0.25) is 0 Å². The third-order valence-corrected chi connectivity index (χ3v) is 4.87. The third-order valence-electron chi connectivity index (χ3n) is 4.87. The topological polar surface area (TPSA) is 76.7 Å². The molecule has 3 rings (SSSR count). The van der Waals surface area contributed by atoms with E-state index in [1.165, 1.54) is 0 Å². The largest absolute Gasteiger partial charge is 0.482 e. The molecule has 6 nitrogen and oxygen atoms in total. The average molecular weight is 369 g/mol. The smallest absolute Gasteiger partial charge is 0.344 e. The first-order valence-electron chi connectivity index (χ1n) is 8.53. The molecule has 0 radical (unpaired) electrons. The number of nitrogens with one attached hydrogen (secondary N) is 2. The highest BCUT2D eigenvalue weighted by molar-refractivity contribution is 5.95. The van der Waals surface area contributed by atoms with Gasteiger partial charge in [-0.05, 0) is 56.8 Å². The van der Waals surface area contributed by atoms with Gasteiger partial charge >= 0.3 is 5.97 Å². The molecule has 1 saturated heterocycles. The number of anilines is 1. The number of rotatable bonds is 6. The van der Waals surface area contributed by atoms with Gasteiger partial charge in [0.25, 0.3) is 0 Å². The minimum absolute atomic E-state index is 0. The van der Waals surface area contributed by atoms with Crippen molar-refractivity contribution in [2.75, 3.05) is 31.6 Å². The fourth-order valence-corrected chi connectivity index (χ4v) is 3.43. The zero-order valence-electron chi connectivity index (χ0n) is 14.4. The lowest BCUT2D eigenvalue weighted by Gasteiger charge is -2.23. The minimum Gasteiger partial charge on any atom is -0.482 e. The van der Waals surface area contributed by atoms with Gasteiger partial charge in [-0.15, -0.1) is 12.4 Å². The van der Waals surface area contributed by atoms with Crippen LogP contribution < -0.4 is 15.4 Å². The molecular formula is C18H25ClN2O4. The van der Waals surface area contributed by atoms with Crippen molar-refractivity contribution in [2.45, 2.75) is 26.2 Å². The Hall–Kier alpha value is -1.79. The van der Waals surface area contributed by atoms with Gasteiger partial charge in [0, 0.05) is 17.7 Å². The average Bonchev–Trinajstić information content (AvgIpc) is 3.27. The number of benzene rings is 1. The van der Waals surface area contributed by atoms with Crippen molar-refractivity contribution in [3.63, 3.8) is 0 Å². The molecule has 1 aromatic carbocycles. The van der Waals surface area contributed by atoms with Crippen molar-refractivity contribution in [3.05, 3.63) is 24.3 Å². The van der Waals surface area contributed by atoms with Crippen molar-refractivity contribution < 1.29 is 19.1 Å². The van der Waals surface area contributed by atoms with Gasteiger partial charge in [0.2, 0.25) is 5.91 Å². The van der Waals surface area contributed by atoms with Gasteiger partial charge in [-0.3, -0.25) is 4.79 Å². The summed E-state index contributed by atoms with van der Waals surface area (Å²) in [5, 5.41) is 6.32. The SMILES string of the molecule is CCOC(=O)COc1cccc(NC(=O)C2CC23CCNCC3)c1.Cl. The van der Waals surface area contributed by atoms with Crippen LogP contribution in [0.25, 0.3) is 0 Å². The lowest BCUT2D eigenvalue weighted by Crippen LogP contribution is -2.31. The highest BCUT2D eigenvalue weighted by atomic mass is 35.5. The van der Waals surface area contributed by atoms with Crippen molar-refractivity contribution >= 4 is 30.0 Å². The number of carbonyl (C=O) groups is 2. The Balaban J connectivity index is 0.00000225. The lowest BCUT2D eigenvalue weighted by atomic mass is 9.92. The summed E-state index contributed by atoms with van der Waals surface area (Å²) in [6, 6.07) is 7.10. The first kappa shape index (κ1) is 19.5. The van der Waals surface area contributed by atoms with E-state index < -0.39 is 5.97 Å². The lowest BCUT2D eigenvalue weighted by molar-refractivity contribution is -0.145. The molecule has 2 N–H and O–H groups in total. The molecule has 25 heavy (non-hydrogen) atoms. The van der Waals surface area contributed by atoms with Crippen LogP contribution in [-0.2, 0) is 14.3 Å². The Bertz CT molecular complexity index is 617. The van der Waals surface area contributed by atoms with Crippen molar-refractivity contribution in [1.29, 1.82) is 0 Å².